The minimum atomic E-state index is 0.795. The van der Waals surface area contributed by atoms with Gasteiger partial charge >= 0.3 is 0 Å². The third kappa shape index (κ3) is 3.44. The monoisotopic (exact) mass is 286 g/mol. The third-order valence-corrected chi connectivity index (χ3v) is 5.61. The van der Waals surface area contributed by atoms with Crippen LogP contribution in [0.2, 0.25) is 0 Å². The van der Waals surface area contributed by atoms with Crippen LogP contribution in [0, 0.1) is 0 Å². The molecule has 2 aromatic heterocycles. The van der Waals surface area contributed by atoms with Crippen molar-refractivity contribution in [1.29, 1.82) is 0 Å². The predicted molar refractivity (Wildman–Crippen MR) is 86.5 cm³/mol. The second kappa shape index (κ2) is 6.65. The molecule has 0 amide bonds. The van der Waals surface area contributed by atoms with Crippen molar-refractivity contribution in [2.24, 2.45) is 0 Å². The Morgan fingerprint density at radius 3 is 1.47 bits per heavy atom. The summed E-state index contributed by atoms with van der Waals surface area (Å²) in [4.78, 5) is 0. The maximum absolute atomic E-state index is 2.35. The molecule has 1 aliphatic rings. The van der Waals surface area contributed by atoms with E-state index in [2.05, 4.69) is 47.5 Å². The highest BCUT2D eigenvalue weighted by molar-refractivity contribution is 7.28. The number of hydrogen-bond acceptors (Lipinski definition) is 0. The van der Waals surface area contributed by atoms with E-state index in [0.717, 1.165) is 11.8 Å². The first-order valence-electron chi connectivity index (χ1n) is 7.23. The van der Waals surface area contributed by atoms with Crippen LogP contribution in [0.1, 0.15) is 55.1 Å². The van der Waals surface area contributed by atoms with Gasteiger partial charge in [0.15, 0.2) is 0 Å². The lowest BCUT2D eigenvalue weighted by atomic mass is 9.90. The Labute approximate surface area is 119 Å². The molecule has 2 heterocycles. The smallest absolute Gasteiger partial charge is 0.0161 e. The molecule has 0 bridgehead atoms. The van der Waals surface area contributed by atoms with E-state index in [1.807, 2.05) is 0 Å². The van der Waals surface area contributed by atoms with Gasteiger partial charge < -0.3 is 0 Å². The fourth-order valence-corrected chi connectivity index (χ4v) is 4.47. The van der Waals surface area contributed by atoms with Crippen LogP contribution in [-0.2, 0) is 0 Å². The Balaban J connectivity index is 1.69. The summed E-state index contributed by atoms with van der Waals surface area (Å²) in [6.07, 6.45) is 6.83. The Bertz CT molecular complexity index is 448. The quantitative estimate of drug-likeness (QED) is 0.540. The van der Waals surface area contributed by atoms with E-state index in [-0.39, 0.29) is 0 Å². The van der Waals surface area contributed by atoms with Crippen molar-refractivity contribution in [2.45, 2.75) is 43.9 Å². The molecule has 2 atom stereocenters. The molecular weight excluding hydrogens is 266 g/mol. The van der Waals surface area contributed by atoms with Crippen LogP contribution >= 0.6 is 16.4 Å². The van der Waals surface area contributed by atoms with Crippen LogP contribution in [-0.4, -0.2) is 0 Å². The molecular formula is C17H20P2. The highest BCUT2D eigenvalue weighted by Gasteiger charge is 2.20. The summed E-state index contributed by atoms with van der Waals surface area (Å²) in [6, 6.07) is 9.38. The summed E-state index contributed by atoms with van der Waals surface area (Å²) in [5.74, 6) is 10.7. The molecule has 1 saturated carbocycles. The minimum Gasteiger partial charge on any atom is -0.0765 e. The Kier molecular flexibility index (Phi) is 4.65. The summed E-state index contributed by atoms with van der Waals surface area (Å²) in [5.41, 5.74) is 3.13. The van der Waals surface area contributed by atoms with Crippen molar-refractivity contribution in [1.82, 2.24) is 0 Å². The van der Waals surface area contributed by atoms with Gasteiger partial charge in [0.05, 0.1) is 0 Å². The molecule has 0 saturated heterocycles. The number of hydrogen-bond donors (Lipinski definition) is 0. The van der Waals surface area contributed by atoms with Crippen molar-refractivity contribution in [2.75, 3.05) is 0 Å². The van der Waals surface area contributed by atoms with Gasteiger partial charge in [0, 0.05) is 0 Å². The number of rotatable bonds is 2. The van der Waals surface area contributed by atoms with Crippen LogP contribution in [0.25, 0.3) is 0 Å². The molecule has 0 nitrogen and oxygen atoms in total. The highest BCUT2D eigenvalue weighted by Crippen LogP contribution is 2.38. The van der Waals surface area contributed by atoms with Gasteiger partial charge in [0.2, 0.25) is 0 Å². The summed E-state index contributed by atoms with van der Waals surface area (Å²) in [5, 5.41) is 0. The Morgan fingerprint density at radius 2 is 1.05 bits per heavy atom. The average Bonchev–Trinajstić information content (AvgIpc) is 2.75. The van der Waals surface area contributed by atoms with Gasteiger partial charge in [-0.25, -0.2) is 0 Å². The van der Waals surface area contributed by atoms with E-state index in [1.165, 1.54) is 48.5 Å². The predicted octanol–water partition coefficient (Wildman–Crippen LogP) is 6.68. The van der Waals surface area contributed by atoms with Crippen LogP contribution in [0.4, 0.5) is 0 Å². The maximum atomic E-state index is 2.35. The second-order valence-electron chi connectivity index (χ2n) is 5.46. The molecule has 1 fully saturated rings. The first-order chi connectivity index (χ1) is 9.43. The van der Waals surface area contributed by atoms with Crippen molar-refractivity contribution in [3.63, 3.8) is 0 Å². The van der Waals surface area contributed by atoms with E-state index < -0.39 is 0 Å². The van der Waals surface area contributed by atoms with E-state index in [9.17, 15) is 0 Å². The van der Waals surface area contributed by atoms with Crippen molar-refractivity contribution < 1.29 is 0 Å². The maximum Gasteiger partial charge on any atom is -0.0161 e. The lowest BCUT2D eigenvalue weighted by molar-refractivity contribution is 0.574. The molecule has 19 heavy (non-hydrogen) atoms. The van der Waals surface area contributed by atoms with Gasteiger partial charge in [0.1, 0.15) is 0 Å². The molecule has 2 unspecified atom stereocenters. The molecule has 1 aliphatic carbocycles. The molecule has 2 heteroatoms. The standard InChI is InChI=1S/C17H20P2/c1-2-14(16-6-10-18-11-7-16)4-5-15(3-1)17-8-12-19-13-9-17/h6-15H,1-5H2. The van der Waals surface area contributed by atoms with Crippen molar-refractivity contribution in [3.8, 4) is 0 Å². The lowest BCUT2D eigenvalue weighted by Crippen LogP contribution is -1.98. The molecule has 0 aromatic carbocycles. The average molecular weight is 286 g/mol. The lowest BCUT2D eigenvalue weighted by Gasteiger charge is -2.16. The molecule has 0 radical (unpaired) electrons. The van der Waals surface area contributed by atoms with Crippen molar-refractivity contribution in [3.05, 3.63) is 58.6 Å². The van der Waals surface area contributed by atoms with Crippen LogP contribution in [0.5, 0.6) is 0 Å². The van der Waals surface area contributed by atoms with Gasteiger partial charge in [-0.2, -0.15) is 0 Å². The Hall–Kier alpha value is -0.700. The second-order valence-corrected chi connectivity index (χ2v) is 7.25. The first kappa shape index (κ1) is 13.3. The molecule has 0 spiro atoms. The van der Waals surface area contributed by atoms with E-state index >= 15 is 0 Å². The van der Waals surface area contributed by atoms with Gasteiger partial charge in [-0.05, 0) is 71.8 Å². The topological polar surface area (TPSA) is 0 Å². The largest absolute Gasteiger partial charge is 0.0765 e. The van der Waals surface area contributed by atoms with E-state index in [0.29, 0.717) is 0 Å². The van der Waals surface area contributed by atoms with Gasteiger partial charge in [-0.3, -0.25) is 0 Å². The normalized spacial score (nSPS) is 23.8. The van der Waals surface area contributed by atoms with E-state index in [1.54, 1.807) is 11.1 Å². The molecule has 3 rings (SSSR count). The first-order valence-corrected chi connectivity index (χ1v) is 9.30. The van der Waals surface area contributed by atoms with Gasteiger partial charge in [0.25, 0.3) is 0 Å². The summed E-state index contributed by atoms with van der Waals surface area (Å²) < 4.78 is 0. The highest BCUT2D eigenvalue weighted by atomic mass is 31.0. The van der Waals surface area contributed by atoms with Crippen LogP contribution in [0.15, 0.2) is 47.5 Å². The SMILES string of the molecule is c1cc(C2CCCC(c3ccpcc3)CC2)ccp1. The molecule has 0 aliphatic heterocycles. The van der Waals surface area contributed by atoms with Crippen LogP contribution < -0.4 is 0 Å². The fraction of sp³-hybridized carbons (Fsp3) is 0.412. The zero-order chi connectivity index (χ0) is 12.9. The third-order valence-electron chi connectivity index (χ3n) is 4.32. The summed E-state index contributed by atoms with van der Waals surface area (Å²) >= 11 is 0. The minimum absolute atomic E-state index is 0.795. The fourth-order valence-electron chi connectivity index (χ4n) is 3.24. The van der Waals surface area contributed by atoms with Gasteiger partial charge in [-0.1, -0.05) is 47.1 Å². The van der Waals surface area contributed by atoms with Crippen LogP contribution in [0.3, 0.4) is 0 Å². The van der Waals surface area contributed by atoms with Gasteiger partial charge in [-0.15, -0.1) is 0 Å². The molecule has 98 valence electrons. The summed E-state index contributed by atoms with van der Waals surface area (Å²) in [6.45, 7) is 0. The zero-order valence-corrected chi connectivity index (χ0v) is 13.0. The molecule has 0 N–H and O–H groups in total. The zero-order valence-electron chi connectivity index (χ0n) is 11.2. The van der Waals surface area contributed by atoms with E-state index in [4.69, 9.17) is 0 Å². The van der Waals surface area contributed by atoms with Crippen molar-refractivity contribution >= 4 is 16.4 Å². The molecule has 2 aromatic rings. The summed E-state index contributed by atoms with van der Waals surface area (Å²) in [7, 11) is 2.68. The Morgan fingerprint density at radius 1 is 0.632 bits per heavy atom.